The number of nitrogens with one attached hydrogen (secondary N) is 2. The van der Waals surface area contributed by atoms with E-state index in [0.29, 0.717) is 19.8 Å². The topological polar surface area (TPSA) is 68.5 Å². The molecule has 5 heteroatoms. The quantitative estimate of drug-likeness (QED) is 0.539. The van der Waals surface area contributed by atoms with E-state index in [4.69, 9.17) is 15.2 Å². The van der Waals surface area contributed by atoms with Crippen molar-refractivity contribution in [3.05, 3.63) is 59.7 Å². The molecule has 24 heavy (non-hydrogen) atoms. The first-order valence-electron chi connectivity index (χ1n) is 8.43. The van der Waals surface area contributed by atoms with E-state index in [0.717, 1.165) is 17.9 Å². The molecule has 5 nitrogen and oxygen atoms in total. The number of hydrogen-bond acceptors (Lipinski definition) is 5. The first-order chi connectivity index (χ1) is 11.8. The zero-order valence-corrected chi connectivity index (χ0v) is 14.0. The van der Waals surface area contributed by atoms with Crippen molar-refractivity contribution in [1.82, 2.24) is 10.9 Å². The van der Waals surface area contributed by atoms with Gasteiger partial charge in [0.1, 0.15) is 12.4 Å². The van der Waals surface area contributed by atoms with Crippen molar-refractivity contribution in [3.63, 3.8) is 0 Å². The maximum Gasteiger partial charge on any atom is 0.119 e. The Bertz CT molecular complexity index is 663. The van der Waals surface area contributed by atoms with E-state index >= 15 is 0 Å². The summed E-state index contributed by atoms with van der Waals surface area (Å²) in [5, 5.41) is 0. The number of nitrogens with two attached hydrogens (primary N) is 1. The average molecular weight is 327 g/mol. The van der Waals surface area contributed by atoms with Crippen LogP contribution in [-0.4, -0.2) is 19.8 Å². The maximum absolute atomic E-state index is 5.88. The summed E-state index contributed by atoms with van der Waals surface area (Å²) in [5.74, 6) is 0.876. The van der Waals surface area contributed by atoms with Gasteiger partial charge in [0, 0.05) is 24.4 Å². The van der Waals surface area contributed by atoms with Crippen molar-refractivity contribution in [1.29, 1.82) is 0 Å². The Morgan fingerprint density at radius 2 is 1.71 bits per heavy atom. The fourth-order valence-corrected chi connectivity index (χ4v) is 2.95. The fourth-order valence-electron chi connectivity index (χ4n) is 2.95. The smallest absolute Gasteiger partial charge is 0.119 e. The first-order valence-corrected chi connectivity index (χ1v) is 8.43. The lowest BCUT2D eigenvalue weighted by Crippen LogP contribution is -2.26. The largest absolute Gasteiger partial charge is 0.491 e. The zero-order valence-electron chi connectivity index (χ0n) is 14.0. The van der Waals surface area contributed by atoms with Crippen molar-refractivity contribution in [2.45, 2.75) is 25.4 Å². The Balaban J connectivity index is 1.61. The molecule has 2 atom stereocenters. The average Bonchev–Trinajstić information content (AvgIpc) is 3.09. The minimum atomic E-state index is 0.242. The molecule has 0 aromatic heterocycles. The van der Waals surface area contributed by atoms with Gasteiger partial charge in [0.2, 0.25) is 0 Å². The molecule has 0 bridgehead atoms. The monoisotopic (exact) mass is 327 g/mol. The number of ether oxygens (including phenoxy) is 2. The minimum absolute atomic E-state index is 0.242. The summed E-state index contributed by atoms with van der Waals surface area (Å²) in [7, 11) is 0. The van der Waals surface area contributed by atoms with Crippen molar-refractivity contribution in [3.8, 4) is 5.75 Å². The molecule has 128 valence electrons. The summed E-state index contributed by atoms with van der Waals surface area (Å²) >= 11 is 0. The van der Waals surface area contributed by atoms with Gasteiger partial charge in [-0.3, -0.25) is 0 Å². The number of hydrogen-bond donors (Lipinski definition) is 3. The Morgan fingerprint density at radius 1 is 1.00 bits per heavy atom. The van der Waals surface area contributed by atoms with Gasteiger partial charge in [-0.2, -0.15) is 0 Å². The number of hydrazine groups is 1. The summed E-state index contributed by atoms with van der Waals surface area (Å²) in [6.45, 7) is 3.88. The Hall–Kier alpha value is -2.08. The van der Waals surface area contributed by atoms with E-state index in [-0.39, 0.29) is 12.1 Å². The predicted molar refractivity (Wildman–Crippen MR) is 95.7 cm³/mol. The van der Waals surface area contributed by atoms with Crippen LogP contribution in [0.1, 0.15) is 36.6 Å². The normalized spacial score (nSPS) is 20.2. The van der Waals surface area contributed by atoms with Crippen LogP contribution in [0.15, 0.2) is 48.5 Å². The summed E-state index contributed by atoms with van der Waals surface area (Å²) in [6.07, 6.45) is 0.964. The van der Waals surface area contributed by atoms with Crippen LogP contribution < -0.4 is 21.3 Å². The molecule has 4 N–H and O–H groups in total. The maximum atomic E-state index is 5.88. The van der Waals surface area contributed by atoms with Crippen molar-refractivity contribution in [2.24, 2.45) is 0 Å². The molecule has 2 unspecified atom stereocenters. The molecule has 1 saturated heterocycles. The summed E-state index contributed by atoms with van der Waals surface area (Å²) < 4.78 is 11.0. The van der Waals surface area contributed by atoms with Crippen LogP contribution in [0, 0.1) is 0 Å². The molecular weight excluding hydrogens is 302 g/mol. The number of nitrogen functional groups attached to an aromatic ring is 1. The third-order valence-electron chi connectivity index (χ3n) is 4.18. The van der Waals surface area contributed by atoms with Crippen molar-refractivity contribution < 1.29 is 9.47 Å². The van der Waals surface area contributed by atoms with E-state index in [1.807, 2.05) is 37.3 Å². The second kappa shape index (κ2) is 8.15. The summed E-state index contributed by atoms with van der Waals surface area (Å²) in [5.41, 5.74) is 15.8. The van der Waals surface area contributed by atoms with E-state index in [1.54, 1.807) is 0 Å². The molecule has 1 aliphatic heterocycles. The van der Waals surface area contributed by atoms with E-state index in [2.05, 4.69) is 29.1 Å². The lowest BCUT2D eigenvalue weighted by Gasteiger charge is -2.13. The highest BCUT2D eigenvalue weighted by atomic mass is 16.5. The second-order valence-electron chi connectivity index (χ2n) is 5.92. The lowest BCUT2D eigenvalue weighted by atomic mass is 9.97. The van der Waals surface area contributed by atoms with Crippen molar-refractivity contribution >= 4 is 5.69 Å². The fraction of sp³-hybridized carbons (Fsp3) is 0.368. The molecule has 0 amide bonds. The van der Waals surface area contributed by atoms with Gasteiger partial charge in [0.05, 0.1) is 6.61 Å². The highest BCUT2D eigenvalue weighted by molar-refractivity contribution is 5.42. The molecule has 0 saturated carbocycles. The Labute approximate surface area is 143 Å². The van der Waals surface area contributed by atoms with Gasteiger partial charge in [-0.25, -0.2) is 10.9 Å². The SMILES string of the molecule is CCOCCOc1cccc(C2CC(c3cccc(N)c3)NN2)c1. The molecule has 0 aliphatic carbocycles. The van der Waals surface area contributed by atoms with Crippen LogP contribution in [0.2, 0.25) is 0 Å². The predicted octanol–water partition coefficient (Wildman–Crippen LogP) is 2.96. The standard InChI is InChI=1S/C19H25N3O2/c1-2-23-9-10-24-17-8-4-6-15(12-17)19-13-18(21-22-19)14-5-3-7-16(20)11-14/h3-8,11-12,18-19,21-22H,2,9-10,13,20H2,1H3. The van der Waals surface area contributed by atoms with Gasteiger partial charge in [-0.15, -0.1) is 0 Å². The van der Waals surface area contributed by atoms with Gasteiger partial charge >= 0.3 is 0 Å². The molecule has 0 radical (unpaired) electrons. The molecule has 1 heterocycles. The van der Waals surface area contributed by atoms with Crippen LogP contribution in [0.3, 0.4) is 0 Å². The van der Waals surface area contributed by atoms with E-state index in [9.17, 15) is 0 Å². The molecule has 1 aliphatic rings. The van der Waals surface area contributed by atoms with Crippen molar-refractivity contribution in [2.75, 3.05) is 25.6 Å². The van der Waals surface area contributed by atoms with Crippen LogP contribution >= 0.6 is 0 Å². The molecule has 1 fully saturated rings. The third-order valence-corrected chi connectivity index (χ3v) is 4.18. The summed E-state index contributed by atoms with van der Waals surface area (Å²) in [6, 6.07) is 16.7. The zero-order chi connectivity index (χ0) is 16.8. The van der Waals surface area contributed by atoms with Gasteiger partial charge in [0.25, 0.3) is 0 Å². The molecule has 2 aromatic carbocycles. The third kappa shape index (κ3) is 4.26. The Kier molecular flexibility index (Phi) is 5.69. The number of benzene rings is 2. The van der Waals surface area contributed by atoms with E-state index in [1.165, 1.54) is 11.1 Å². The van der Waals surface area contributed by atoms with Crippen LogP contribution in [0.25, 0.3) is 0 Å². The highest BCUT2D eigenvalue weighted by Gasteiger charge is 2.26. The highest BCUT2D eigenvalue weighted by Crippen LogP contribution is 2.32. The minimum Gasteiger partial charge on any atom is -0.491 e. The number of rotatable bonds is 7. The lowest BCUT2D eigenvalue weighted by molar-refractivity contribution is 0.110. The Morgan fingerprint density at radius 3 is 2.42 bits per heavy atom. The number of anilines is 1. The van der Waals surface area contributed by atoms with Gasteiger partial charge in [-0.05, 0) is 48.7 Å². The van der Waals surface area contributed by atoms with Crippen LogP contribution in [-0.2, 0) is 4.74 Å². The van der Waals surface area contributed by atoms with E-state index < -0.39 is 0 Å². The molecular formula is C19H25N3O2. The molecule has 2 aromatic rings. The molecule has 0 spiro atoms. The first kappa shape index (κ1) is 16.8. The van der Waals surface area contributed by atoms with Crippen LogP contribution in [0.4, 0.5) is 5.69 Å². The second-order valence-corrected chi connectivity index (χ2v) is 5.92. The molecule has 3 rings (SSSR count). The van der Waals surface area contributed by atoms with Gasteiger partial charge in [0.15, 0.2) is 0 Å². The van der Waals surface area contributed by atoms with Gasteiger partial charge < -0.3 is 15.2 Å². The summed E-state index contributed by atoms with van der Waals surface area (Å²) in [4.78, 5) is 0. The van der Waals surface area contributed by atoms with Gasteiger partial charge in [-0.1, -0.05) is 24.3 Å². The van der Waals surface area contributed by atoms with Crippen LogP contribution in [0.5, 0.6) is 5.75 Å².